The van der Waals surface area contributed by atoms with Crippen molar-refractivity contribution in [3.63, 3.8) is 0 Å². The van der Waals surface area contributed by atoms with Gasteiger partial charge in [0, 0.05) is 14.2 Å². The van der Waals surface area contributed by atoms with Gasteiger partial charge in [-0.25, -0.2) is 24.3 Å². The standard InChI is InChI=1S/2C5H5.2CH4O.Ti/c2*1-2-4-5-3-1;2*1-2;/h2*1-3H,4H2;2*2H,1H3;/q2*-1;;;+2. The minimum atomic E-state index is 0. The molecule has 0 bridgehead atoms. The molecule has 0 aromatic carbocycles. The van der Waals surface area contributed by atoms with Crippen molar-refractivity contribution >= 4 is 0 Å². The molecule has 2 aliphatic rings. The van der Waals surface area contributed by atoms with Crippen LogP contribution in [-0.2, 0) is 21.7 Å². The van der Waals surface area contributed by atoms with Gasteiger partial charge >= 0.3 is 21.7 Å². The summed E-state index contributed by atoms with van der Waals surface area (Å²) in [5, 5.41) is 14.0. The number of rotatable bonds is 0. The van der Waals surface area contributed by atoms with Gasteiger partial charge in [0.25, 0.3) is 0 Å². The van der Waals surface area contributed by atoms with Gasteiger partial charge in [-0.05, 0) is 0 Å². The summed E-state index contributed by atoms with van der Waals surface area (Å²) in [6.45, 7) is 0. The Morgan fingerprint density at radius 3 is 1.20 bits per heavy atom. The Morgan fingerprint density at radius 2 is 1.13 bits per heavy atom. The molecule has 15 heavy (non-hydrogen) atoms. The van der Waals surface area contributed by atoms with Crippen LogP contribution in [0, 0.1) is 12.2 Å². The summed E-state index contributed by atoms with van der Waals surface area (Å²) < 4.78 is 0. The number of aliphatic hydroxyl groups excluding tert-OH is 2. The molecule has 2 N–H and O–H groups in total. The molecule has 0 radical (unpaired) electrons. The second-order valence-corrected chi connectivity index (χ2v) is 2.01. The quantitative estimate of drug-likeness (QED) is 0.502. The van der Waals surface area contributed by atoms with Crippen molar-refractivity contribution in [3.05, 3.63) is 48.6 Å². The molecule has 0 atom stereocenters. The van der Waals surface area contributed by atoms with E-state index in [1.165, 1.54) is 0 Å². The van der Waals surface area contributed by atoms with Gasteiger partial charge in [0.1, 0.15) is 0 Å². The molecule has 2 nitrogen and oxygen atoms in total. The zero-order chi connectivity index (χ0) is 11.1. The Labute approximate surface area is 108 Å². The minimum absolute atomic E-state index is 0. The largest absolute Gasteiger partial charge is 2.00 e. The molecular formula is C12H18O2Ti. The van der Waals surface area contributed by atoms with Crippen LogP contribution in [0.2, 0.25) is 0 Å². The van der Waals surface area contributed by atoms with Crippen LogP contribution in [0.1, 0.15) is 12.8 Å². The van der Waals surface area contributed by atoms with Crippen molar-refractivity contribution in [2.24, 2.45) is 0 Å². The van der Waals surface area contributed by atoms with E-state index in [0.29, 0.717) is 0 Å². The maximum absolute atomic E-state index is 7.00. The monoisotopic (exact) mass is 242 g/mol. The molecule has 3 heteroatoms. The predicted octanol–water partition coefficient (Wildman–Crippen LogP) is 1.83. The van der Waals surface area contributed by atoms with Crippen molar-refractivity contribution < 1.29 is 31.9 Å². The van der Waals surface area contributed by atoms with Crippen LogP contribution in [0.5, 0.6) is 0 Å². The zero-order valence-electron chi connectivity index (χ0n) is 9.27. The van der Waals surface area contributed by atoms with E-state index >= 15 is 0 Å². The summed E-state index contributed by atoms with van der Waals surface area (Å²) in [6.07, 6.45) is 20.0. The fraction of sp³-hybridized carbons (Fsp3) is 0.333. The minimum Gasteiger partial charge on any atom is -0.400 e. The Morgan fingerprint density at radius 1 is 0.800 bits per heavy atom. The van der Waals surface area contributed by atoms with E-state index in [2.05, 4.69) is 24.3 Å². The topological polar surface area (TPSA) is 40.5 Å². The van der Waals surface area contributed by atoms with Crippen LogP contribution in [0.3, 0.4) is 0 Å². The van der Waals surface area contributed by atoms with Gasteiger partial charge in [-0.2, -0.15) is 12.2 Å². The third kappa shape index (κ3) is 19.9. The van der Waals surface area contributed by atoms with Crippen LogP contribution >= 0.6 is 0 Å². The summed E-state index contributed by atoms with van der Waals surface area (Å²) in [5.41, 5.74) is 0. The van der Waals surface area contributed by atoms with Gasteiger partial charge in [0.05, 0.1) is 0 Å². The molecule has 2 rings (SSSR count). The number of aliphatic hydroxyl groups is 2. The van der Waals surface area contributed by atoms with E-state index in [9.17, 15) is 0 Å². The Bertz CT molecular complexity index is 152. The van der Waals surface area contributed by atoms with E-state index in [0.717, 1.165) is 27.1 Å². The zero-order valence-corrected chi connectivity index (χ0v) is 10.8. The maximum atomic E-state index is 7.00. The van der Waals surface area contributed by atoms with Crippen LogP contribution in [0.15, 0.2) is 36.5 Å². The molecule has 2 aliphatic carbocycles. The normalized spacial score (nSPS) is 12.5. The first-order valence-corrected chi connectivity index (χ1v) is 4.33. The van der Waals surface area contributed by atoms with Gasteiger partial charge < -0.3 is 10.2 Å². The summed E-state index contributed by atoms with van der Waals surface area (Å²) in [4.78, 5) is 0. The van der Waals surface area contributed by atoms with E-state index in [4.69, 9.17) is 10.2 Å². The molecule has 0 saturated carbocycles. The molecule has 0 aromatic heterocycles. The third-order valence-corrected chi connectivity index (χ3v) is 1.17. The van der Waals surface area contributed by atoms with Crippen molar-refractivity contribution in [2.75, 3.05) is 14.2 Å². The fourth-order valence-corrected chi connectivity index (χ4v) is 0.680. The molecule has 82 valence electrons. The van der Waals surface area contributed by atoms with Gasteiger partial charge in [-0.1, -0.05) is 0 Å². The fourth-order valence-electron chi connectivity index (χ4n) is 0.680. The molecule has 0 spiro atoms. The third-order valence-electron chi connectivity index (χ3n) is 1.17. The van der Waals surface area contributed by atoms with Crippen LogP contribution in [0.25, 0.3) is 0 Å². The maximum Gasteiger partial charge on any atom is 2.00 e. The Kier molecular flexibility index (Phi) is 31.3. The van der Waals surface area contributed by atoms with Gasteiger partial charge in [-0.15, -0.1) is 12.8 Å². The average Bonchev–Trinajstić information content (AvgIpc) is 3.01. The Hall–Kier alpha value is -0.406. The van der Waals surface area contributed by atoms with Crippen LogP contribution in [0.4, 0.5) is 0 Å². The second-order valence-electron chi connectivity index (χ2n) is 2.01. The first-order chi connectivity index (χ1) is 7.00. The van der Waals surface area contributed by atoms with Gasteiger partial charge in [0.2, 0.25) is 0 Å². The van der Waals surface area contributed by atoms with E-state index in [1.807, 2.05) is 24.3 Å². The molecule has 0 heterocycles. The molecule has 0 aromatic rings. The van der Waals surface area contributed by atoms with Crippen molar-refractivity contribution in [2.45, 2.75) is 12.8 Å². The number of allylic oxidation sites excluding steroid dienone is 8. The van der Waals surface area contributed by atoms with Crippen molar-refractivity contribution in [1.82, 2.24) is 0 Å². The smallest absolute Gasteiger partial charge is 0.400 e. The molecule has 0 aliphatic heterocycles. The predicted molar refractivity (Wildman–Crippen MR) is 59.4 cm³/mol. The first-order valence-electron chi connectivity index (χ1n) is 4.33. The molecule has 0 amide bonds. The first kappa shape index (κ1) is 20.1. The van der Waals surface area contributed by atoms with Crippen molar-refractivity contribution in [1.29, 1.82) is 0 Å². The SMILES string of the molecule is CO.CO.[C-]1=CC=CC1.[C-]1=CC=CC1.[Ti+2]. The van der Waals surface area contributed by atoms with Gasteiger partial charge in [0.15, 0.2) is 0 Å². The summed E-state index contributed by atoms with van der Waals surface area (Å²) >= 11 is 0. The summed E-state index contributed by atoms with van der Waals surface area (Å²) in [7, 11) is 2.00. The summed E-state index contributed by atoms with van der Waals surface area (Å²) in [6, 6.07) is 0. The van der Waals surface area contributed by atoms with Crippen LogP contribution < -0.4 is 0 Å². The molecule has 0 fully saturated rings. The second kappa shape index (κ2) is 23.4. The van der Waals surface area contributed by atoms with E-state index in [1.54, 1.807) is 0 Å². The number of hydrogen-bond acceptors (Lipinski definition) is 2. The van der Waals surface area contributed by atoms with Crippen LogP contribution in [-0.4, -0.2) is 24.4 Å². The molecule has 0 unspecified atom stereocenters. The number of hydrogen-bond donors (Lipinski definition) is 2. The molecular weight excluding hydrogens is 224 g/mol. The average molecular weight is 242 g/mol. The van der Waals surface area contributed by atoms with E-state index in [-0.39, 0.29) is 21.7 Å². The van der Waals surface area contributed by atoms with E-state index < -0.39 is 0 Å². The molecule has 0 saturated heterocycles. The summed E-state index contributed by atoms with van der Waals surface area (Å²) in [5.74, 6) is 0. The Balaban J connectivity index is -0.000000138. The van der Waals surface area contributed by atoms with Crippen molar-refractivity contribution in [3.8, 4) is 0 Å². The van der Waals surface area contributed by atoms with Gasteiger partial charge in [-0.3, -0.25) is 12.2 Å².